The van der Waals surface area contributed by atoms with E-state index in [0.717, 1.165) is 35.1 Å². The van der Waals surface area contributed by atoms with Crippen molar-refractivity contribution in [2.24, 2.45) is 5.73 Å². The normalized spacial score (nSPS) is 13.2. The summed E-state index contributed by atoms with van der Waals surface area (Å²) in [5, 5.41) is 1.71. The van der Waals surface area contributed by atoms with E-state index < -0.39 is 0 Å². The van der Waals surface area contributed by atoms with Crippen LogP contribution in [-0.2, 0) is 0 Å². The zero-order chi connectivity index (χ0) is 11.7. The molecule has 0 saturated carbocycles. The molecule has 1 aromatic heterocycles. The van der Waals surface area contributed by atoms with Crippen LogP contribution in [-0.4, -0.2) is 0 Å². The first-order chi connectivity index (χ1) is 7.63. The first-order valence-corrected chi connectivity index (χ1v) is 5.95. The van der Waals surface area contributed by atoms with Crippen LogP contribution in [0.3, 0.4) is 0 Å². The Morgan fingerprint density at radius 2 is 2.19 bits per heavy atom. The lowest BCUT2D eigenvalue weighted by atomic mass is 10.1. The lowest BCUT2D eigenvalue weighted by Gasteiger charge is -2.04. The number of benzene rings is 1. The van der Waals surface area contributed by atoms with Gasteiger partial charge in [-0.1, -0.05) is 31.0 Å². The predicted octanol–water partition coefficient (Wildman–Crippen LogP) is 4.19. The summed E-state index contributed by atoms with van der Waals surface area (Å²) < 4.78 is 5.74. The highest BCUT2D eigenvalue weighted by Gasteiger charge is 2.14. The summed E-state index contributed by atoms with van der Waals surface area (Å²) in [6.07, 6.45) is 1.97. The molecule has 86 valence electrons. The van der Waals surface area contributed by atoms with Gasteiger partial charge in [0, 0.05) is 5.39 Å². The summed E-state index contributed by atoms with van der Waals surface area (Å²) in [6.45, 7) is 4.16. The molecule has 2 nitrogen and oxygen atoms in total. The maximum absolute atomic E-state index is 6.09. The van der Waals surface area contributed by atoms with Crippen LogP contribution in [0.15, 0.2) is 22.6 Å². The Hall–Kier alpha value is -0.990. The molecule has 0 aliphatic heterocycles. The summed E-state index contributed by atoms with van der Waals surface area (Å²) in [5.74, 6) is 0.827. The number of hydrogen-bond acceptors (Lipinski definition) is 2. The molecule has 0 saturated heterocycles. The molecule has 0 spiro atoms. The molecule has 2 N–H and O–H groups in total. The first-order valence-electron chi connectivity index (χ1n) is 5.57. The minimum absolute atomic E-state index is 0.0344. The average molecular weight is 238 g/mol. The standard InChI is InChI=1S/C13H16ClNO/c1-3-4-11(15)12-7-9-8(2)5-6-10(14)13(9)16-12/h5-7,11H,3-4,15H2,1-2H3. The van der Waals surface area contributed by atoms with Crippen LogP contribution in [0.25, 0.3) is 11.0 Å². The number of halogens is 1. The molecule has 0 aliphatic rings. The second-order valence-corrected chi connectivity index (χ2v) is 4.56. The molecule has 0 radical (unpaired) electrons. The highest BCUT2D eigenvalue weighted by molar-refractivity contribution is 6.34. The van der Waals surface area contributed by atoms with Gasteiger partial charge in [0.25, 0.3) is 0 Å². The van der Waals surface area contributed by atoms with Gasteiger partial charge in [-0.3, -0.25) is 0 Å². The molecule has 1 aromatic carbocycles. The monoisotopic (exact) mass is 237 g/mol. The maximum atomic E-state index is 6.09. The van der Waals surface area contributed by atoms with Gasteiger partial charge in [-0.15, -0.1) is 0 Å². The summed E-state index contributed by atoms with van der Waals surface area (Å²) in [6, 6.07) is 5.83. The van der Waals surface area contributed by atoms with Gasteiger partial charge in [0.05, 0.1) is 11.1 Å². The van der Waals surface area contributed by atoms with E-state index in [0.29, 0.717) is 5.02 Å². The molecule has 0 fully saturated rings. The van der Waals surface area contributed by atoms with E-state index in [1.807, 2.05) is 25.1 Å². The number of aryl methyl sites for hydroxylation is 1. The van der Waals surface area contributed by atoms with Gasteiger partial charge in [-0.05, 0) is 31.0 Å². The molecule has 1 heterocycles. The molecule has 1 atom stereocenters. The zero-order valence-electron chi connectivity index (χ0n) is 9.59. The van der Waals surface area contributed by atoms with Crippen molar-refractivity contribution in [1.29, 1.82) is 0 Å². The fourth-order valence-corrected chi connectivity index (χ4v) is 2.08. The molecule has 16 heavy (non-hydrogen) atoms. The quantitative estimate of drug-likeness (QED) is 0.869. The summed E-state index contributed by atoms with van der Waals surface area (Å²) in [4.78, 5) is 0. The number of furan rings is 1. The summed E-state index contributed by atoms with van der Waals surface area (Å²) in [7, 11) is 0. The van der Waals surface area contributed by atoms with Crippen molar-refractivity contribution >= 4 is 22.6 Å². The van der Waals surface area contributed by atoms with E-state index in [4.69, 9.17) is 21.8 Å². The van der Waals surface area contributed by atoms with Crippen LogP contribution >= 0.6 is 11.6 Å². The Bertz CT molecular complexity index is 465. The van der Waals surface area contributed by atoms with E-state index in [2.05, 4.69) is 6.92 Å². The fraction of sp³-hybridized carbons (Fsp3) is 0.385. The minimum Gasteiger partial charge on any atom is -0.458 e. The molecule has 2 rings (SSSR count). The van der Waals surface area contributed by atoms with Crippen LogP contribution in [0.5, 0.6) is 0 Å². The zero-order valence-corrected chi connectivity index (χ0v) is 10.3. The van der Waals surface area contributed by atoms with Crippen LogP contribution in [0.4, 0.5) is 0 Å². The highest BCUT2D eigenvalue weighted by Crippen LogP contribution is 2.32. The Balaban J connectivity index is 2.51. The van der Waals surface area contributed by atoms with Crippen LogP contribution in [0, 0.1) is 6.92 Å². The topological polar surface area (TPSA) is 39.2 Å². The molecular formula is C13H16ClNO. The molecule has 0 bridgehead atoms. The van der Waals surface area contributed by atoms with Gasteiger partial charge in [-0.2, -0.15) is 0 Å². The molecular weight excluding hydrogens is 222 g/mol. The molecule has 2 aromatic rings. The van der Waals surface area contributed by atoms with Crippen molar-refractivity contribution in [3.05, 3.63) is 34.5 Å². The second-order valence-electron chi connectivity index (χ2n) is 4.15. The molecule has 0 amide bonds. The van der Waals surface area contributed by atoms with Crippen LogP contribution in [0.2, 0.25) is 5.02 Å². The van der Waals surface area contributed by atoms with Gasteiger partial charge in [0.2, 0.25) is 0 Å². The third kappa shape index (κ3) is 1.95. The number of rotatable bonds is 3. The average Bonchev–Trinajstić information content (AvgIpc) is 2.70. The number of hydrogen-bond donors (Lipinski definition) is 1. The Morgan fingerprint density at radius 1 is 1.44 bits per heavy atom. The SMILES string of the molecule is CCCC(N)c1cc2c(C)ccc(Cl)c2o1. The third-order valence-corrected chi connectivity index (χ3v) is 3.14. The van der Waals surface area contributed by atoms with Crippen LogP contribution in [0.1, 0.15) is 37.1 Å². The smallest absolute Gasteiger partial charge is 0.153 e. The van der Waals surface area contributed by atoms with Gasteiger partial charge in [-0.25, -0.2) is 0 Å². The fourth-order valence-electron chi connectivity index (χ4n) is 1.88. The van der Waals surface area contributed by atoms with Crippen molar-refractivity contribution < 1.29 is 4.42 Å². The Labute approximate surface area is 100 Å². The lowest BCUT2D eigenvalue weighted by molar-refractivity contribution is 0.475. The van der Waals surface area contributed by atoms with Gasteiger partial charge < -0.3 is 10.2 Å². The van der Waals surface area contributed by atoms with Crippen molar-refractivity contribution in [3.63, 3.8) is 0 Å². The predicted molar refractivity (Wildman–Crippen MR) is 67.8 cm³/mol. The van der Waals surface area contributed by atoms with Crippen LogP contribution < -0.4 is 5.73 Å². The number of nitrogens with two attached hydrogens (primary N) is 1. The Morgan fingerprint density at radius 3 is 2.81 bits per heavy atom. The Kier molecular flexibility index (Phi) is 3.22. The first kappa shape index (κ1) is 11.5. The van der Waals surface area contributed by atoms with E-state index in [1.165, 1.54) is 0 Å². The molecule has 3 heteroatoms. The van der Waals surface area contributed by atoms with Crippen molar-refractivity contribution in [2.75, 3.05) is 0 Å². The summed E-state index contributed by atoms with van der Waals surface area (Å²) >= 11 is 6.09. The van der Waals surface area contributed by atoms with Crippen molar-refractivity contribution in [3.8, 4) is 0 Å². The van der Waals surface area contributed by atoms with Gasteiger partial charge in [0.15, 0.2) is 5.58 Å². The largest absolute Gasteiger partial charge is 0.458 e. The van der Waals surface area contributed by atoms with Gasteiger partial charge in [0.1, 0.15) is 5.76 Å². The number of fused-ring (bicyclic) bond motifs is 1. The molecule has 0 aliphatic carbocycles. The van der Waals surface area contributed by atoms with E-state index >= 15 is 0 Å². The maximum Gasteiger partial charge on any atom is 0.153 e. The molecule has 1 unspecified atom stereocenters. The van der Waals surface area contributed by atoms with Crippen molar-refractivity contribution in [1.82, 2.24) is 0 Å². The highest BCUT2D eigenvalue weighted by atomic mass is 35.5. The van der Waals surface area contributed by atoms with E-state index in [-0.39, 0.29) is 6.04 Å². The van der Waals surface area contributed by atoms with E-state index in [9.17, 15) is 0 Å². The van der Waals surface area contributed by atoms with E-state index in [1.54, 1.807) is 0 Å². The third-order valence-electron chi connectivity index (χ3n) is 2.84. The van der Waals surface area contributed by atoms with Gasteiger partial charge >= 0.3 is 0 Å². The second kappa shape index (κ2) is 4.48. The summed E-state index contributed by atoms with van der Waals surface area (Å²) in [5.41, 5.74) is 7.95. The minimum atomic E-state index is -0.0344. The van der Waals surface area contributed by atoms with Crippen molar-refractivity contribution in [2.45, 2.75) is 32.7 Å². The lowest BCUT2D eigenvalue weighted by Crippen LogP contribution is -2.08.